The standard InChI is InChI=1S/C16H25ClN2O/c1-11(2)18-9-14-15(17)5-4-6-16(14)19-8-7-13(10-19)12(3)20/h4-6,11-13,18,20H,7-10H2,1-3H3. The van der Waals surface area contributed by atoms with Gasteiger partial charge in [0.25, 0.3) is 0 Å². The second kappa shape index (κ2) is 6.79. The maximum absolute atomic E-state index is 9.75. The van der Waals surface area contributed by atoms with E-state index in [4.69, 9.17) is 11.6 Å². The molecule has 0 aromatic heterocycles. The van der Waals surface area contributed by atoms with Crippen LogP contribution < -0.4 is 10.2 Å². The van der Waals surface area contributed by atoms with E-state index in [1.165, 1.54) is 5.69 Å². The molecule has 4 heteroatoms. The smallest absolute Gasteiger partial charge is 0.0557 e. The average Bonchev–Trinajstić information content (AvgIpc) is 2.86. The molecule has 0 aliphatic carbocycles. The van der Waals surface area contributed by atoms with E-state index in [2.05, 4.69) is 30.1 Å². The summed E-state index contributed by atoms with van der Waals surface area (Å²) in [7, 11) is 0. The van der Waals surface area contributed by atoms with Crippen molar-refractivity contribution >= 4 is 17.3 Å². The zero-order valence-corrected chi connectivity index (χ0v) is 13.3. The van der Waals surface area contributed by atoms with Gasteiger partial charge in [-0.3, -0.25) is 0 Å². The Bertz CT molecular complexity index is 448. The van der Waals surface area contributed by atoms with E-state index in [1.54, 1.807) is 0 Å². The Labute approximate surface area is 126 Å². The van der Waals surface area contributed by atoms with Crippen molar-refractivity contribution in [2.45, 2.75) is 45.9 Å². The van der Waals surface area contributed by atoms with Crippen molar-refractivity contribution in [2.75, 3.05) is 18.0 Å². The number of nitrogens with one attached hydrogen (secondary N) is 1. The Morgan fingerprint density at radius 3 is 2.75 bits per heavy atom. The van der Waals surface area contributed by atoms with Gasteiger partial charge >= 0.3 is 0 Å². The molecule has 1 fully saturated rings. The molecule has 2 atom stereocenters. The highest BCUT2D eigenvalue weighted by Crippen LogP contribution is 2.32. The van der Waals surface area contributed by atoms with Crippen molar-refractivity contribution in [1.29, 1.82) is 0 Å². The minimum atomic E-state index is -0.239. The molecular formula is C16H25ClN2O. The SMILES string of the molecule is CC(C)NCc1c(Cl)cccc1N1CCC(C(C)O)C1. The van der Waals surface area contributed by atoms with E-state index in [0.717, 1.165) is 36.6 Å². The number of halogens is 1. The zero-order chi connectivity index (χ0) is 14.7. The van der Waals surface area contributed by atoms with Crippen LogP contribution in [0.4, 0.5) is 5.69 Å². The molecule has 2 N–H and O–H groups in total. The third-order valence-electron chi connectivity index (χ3n) is 4.03. The van der Waals surface area contributed by atoms with Crippen molar-refractivity contribution in [2.24, 2.45) is 5.92 Å². The molecule has 1 aliphatic heterocycles. The molecule has 20 heavy (non-hydrogen) atoms. The lowest BCUT2D eigenvalue weighted by Gasteiger charge is -2.24. The lowest BCUT2D eigenvalue weighted by molar-refractivity contribution is 0.136. The van der Waals surface area contributed by atoms with Gasteiger partial charge in [-0.05, 0) is 25.5 Å². The molecule has 1 aliphatic rings. The lowest BCUT2D eigenvalue weighted by Crippen LogP contribution is -2.27. The van der Waals surface area contributed by atoms with Crippen molar-refractivity contribution in [3.05, 3.63) is 28.8 Å². The minimum Gasteiger partial charge on any atom is -0.393 e. The fourth-order valence-electron chi connectivity index (χ4n) is 2.72. The van der Waals surface area contributed by atoms with Gasteiger partial charge in [-0.1, -0.05) is 31.5 Å². The molecule has 3 nitrogen and oxygen atoms in total. The molecule has 1 heterocycles. The van der Waals surface area contributed by atoms with Gasteiger partial charge in [-0.25, -0.2) is 0 Å². The van der Waals surface area contributed by atoms with Gasteiger partial charge in [0.1, 0.15) is 0 Å². The first-order valence-electron chi connectivity index (χ1n) is 7.42. The van der Waals surface area contributed by atoms with Gasteiger partial charge in [-0.15, -0.1) is 0 Å². The Morgan fingerprint density at radius 2 is 2.15 bits per heavy atom. The summed E-state index contributed by atoms with van der Waals surface area (Å²) >= 11 is 6.37. The largest absolute Gasteiger partial charge is 0.393 e. The van der Waals surface area contributed by atoms with Crippen LogP contribution >= 0.6 is 11.6 Å². The van der Waals surface area contributed by atoms with Crippen LogP contribution in [0.1, 0.15) is 32.8 Å². The first-order valence-corrected chi connectivity index (χ1v) is 7.80. The van der Waals surface area contributed by atoms with E-state index < -0.39 is 0 Å². The number of anilines is 1. The molecule has 0 saturated carbocycles. The summed E-state index contributed by atoms with van der Waals surface area (Å²) in [6, 6.07) is 6.52. The maximum Gasteiger partial charge on any atom is 0.0557 e. The van der Waals surface area contributed by atoms with E-state index in [0.29, 0.717) is 12.0 Å². The summed E-state index contributed by atoms with van der Waals surface area (Å²) in [4.78, 5) is 2.35. The van der Waals surface area contributed by atoms with Gasteiger partial charge < -0.3 is 15.3 Å². The van der Waals surface area contributed by atoms with Gasteiger partial charge in [0.2, 0.25) is 0 Å². The Balaban J connectivity index is 2.17. The molecule has 112 valence electrons. The van der Waals surface area contributed by atoms with E-state index in [1.807, 2.05) is 19.1 Å². The van der Waals surface area contributed by atoms with E-state index in [9.17, 15) is 5.11 Å². The number of aliphatic hydroxyl groups is 1. The fourth-order valence-corrected chi connectivity index (χ4v) is 2.96. The predicted molar refractivity (Wildman–Crippen MR) is 85.4 cm³/mol. The number of rotatable bonds is 5. The summed E-state index contributed by atoms with van der Waals surface area (Å²) in [6.45, 7) is 8.83. The van der Waals surface area contributed by atoms with Crippen LogP contribution in [0.3, 0.4) is 0 Å². The molecule has 1 aromatic carbocycles. The van der Waals surface area contributed by atoms with Crippen LogP contribution in [0.25, 0.3) is 0 Å². The summed E-state index contributed by atoms with van der Waals surface area (Å²) in [5.74, 6) is 0.361. The number of hydrogen-bond acceptors (Lipinski definition) is 3. The first kappa shape index (κ1) is 15.6. The van der Waals surface area contributed by atoms with Crippen molar-refractivity contribution in [3.63, 3.8) is 0 Å². The summed E-state index contributed by atoms with van der Waals surface area (Å²) in [5, 5.41) is 14.0. The number of hydrogen-bond donors (Lipinski definition) is 2. The van der Waals surface area contributed by atoms with Gasteiger partial charge in [-0.2, -0.15) is 0 Å². The Kier molecular flexibility index (Phi) is 5.30. The molecule has 0 radical (unpaired) electrons. The number of benzene rings is 1. The molecule has 0 bridgehead atoms. The highest BCUT2D eigenvalue weighted by Gasteiger charge is 2.27. The van der Waals surface area contributed by atoms with Crippen LogP contribution in [0.2, 0.25) is 5.02 Å². The van der Waals surface area contributed by atoms with Crippen LogP contribution in [0.15, 0.2) is 18.2 Å². The topological polar surface area (TPSA) is 35.5 Å². The molecule has 1 aromatic rings. The van der Waals surface area contributed by atoms with Crippen molar-refractivity contribution in [3.8, 4) is 0 Å². The molecule has 0 amide bonds. The predicted octanol–water partition coefficient (Wildman–Crippen LogP) is 3.05. The van der Waals surface area contributed by atoms with Crippen LogP contribution in [-0.4, -0.2) is 30.3 Å². The zero-order valence-electron chi connectivity index (χ0n) is 12.6. The normalized spacial score (nSPS) is 20.7. The molecular weight excluding hydrogens is 272 g/mol. The quantitative estimate of drug-likeness (QED) is 0.877. The van der Waals surface area contributed by atoms with Gasteiger partial charge in [0.05, 0.1) is 6.10 Å². The van der Waals surface area contributed by atoms with Crippen LogP contribution in [0.5, 0.6) is 0 Å². The summed E-state index contributed by atoms with van der Waals surface area (Å²) in [6.07, 6.45) is 0.803. The molecule has 2 unspecified atom stereocenters. The highest BCUT2D eigenvalue weighted by atomic mass is 35.5. The first-order chi connectivity index (χ1) is 9.49. The van der Waals surface area contributed by atoms with Gasteiger partial charge in [0.15, 0.2) is 0 Å². The second-order valence-corrected chi connectivity index (χ2v) is 6.42. The maximum atomic E-state index is 9.75. The Morgan fingerprint density at radius 1 is 1.40 bits per heavy atom. The van der Waals surface area contributed by atoms with E-state index in [-0.39, 0.29) is 6.10 Å². The van der Waals surface area contributed by atoms with Crippen LogP contribution in [-0.2, 0) is 6.54 Å². The van der Waals surface area contributed by atoms with Gasteiger partial charge in [0, 0.05) is 47.9 Å². The van der Waals surface area contributed by atoms with E-state index >= 15 is 0 Å². The summed E-state index contributed by atoms with van der Waals surface area (Å²) in [5.41, 5.74) is 2.36. The second-order valence-electron chi connectivity index (χ2n) is 6.01. The molecule has 1 saturated heterocycles. The highest BCUT2D eigenvalue weighted by molar-refractivity contribution is 6.31. The average molecular weight is 297 g/mol. The number of aliphatic hydroxyl groups excluding tert-OH is 1. The monoisotopic (exact) mass is 296 g/mol. The fraction of sp³-hybridized carbons (Fsp3) is 0.625. The lowest BCUT2D eigenvalue weighted by atomic mass is 10.0. The van der Waals surface area contributed by atoms with Crippen molar-refractivity contribution < 1.29 is 5.11 Å². The minimum absolute atomic E-state index is 0.239. The molecule has 0 spiro atoms. The van der Waals surface area contributed by atoms with Crippen molar-refractivity contribution in [1.82, 2.24) is 5.32 Å². The summed E-state index contributed by atoms with van der Waals surface area (Å²) < 4.78 is 0. The van der Waals surface area contributed by atoms with Crippen LogP contribution in [0, 0.1) is 5.92 Å². The third-order valence-corrected chi connectivity index (χ3v) is 4.38. The molecule has 2 rings (SSSR count). The number of nitrogens with zero attached hydrogens (tertiary/aromatic N) is 1. The Hall–Kier alpha value is -0.770. The third kappa shape index (κ3) is 3.66.